The zero-order chi connectivity index (χ0) is 19.8. The Labute approximate surface area is 162 Å². The van der Waals surface area contributed by atoms with E-state index in [9.17, 15) is 4.79 Å². The summed E-state index contributed by atoms with van der Waals surface area (Å²) >= 11 is 0. The fraction of sp³-hybridized carbons (Fsp3) is 0.250. The maximum atomic E-state index is 12.8. The minimum Gasteiger partial charge on any atom is -0.497 e. The number of H-pyrrole nitrogens is 1. The number of aromatic amines is 1. The molecule has 4 aromatic rings. The number of fused-ring (bicyclic) bond motifs is 1. The summed E-state index contributed by atoms with van der Waals surface area (Å²) in [7, 11) is 3.50. The van der Waals surface area contributed by atoms with Crippen molar-refractivity contribution in [3.63, 3.8) is 0 Å². The van der Waals surface area contributed by atoms with Gasteiger partial charge in [-0.05, 0) is 32.0 Å². The molecule has 28 heavy (non-hydrogen) atoms. The van der Waals surface area contributed by atoms with Crippen LogP contribution >= 0.6 is 0 Å². The minimum absolute atomic E-state index is 0.198. The second-order valence-corrected chi connectivity index (χ2v) is 6.82. The van der Waals surface area contributed by atoms with Crippen LogP contribution in [0.2, 0.25) is 0 Å². The molecule has 0 aliphatic carbocycles. The zero-order valence-electron chi connectivity index (χ0n) is 16.3. The van der Waals surface area contributed by atoms with E-state index in [1.165, 1.54) is 0 Å². The summed E-state index contributed by atoms with van der Waals surface area (Å²) in [6.07, 6.45) is 3.81. The second kappa shape index (κ2) is 6.88. The average Bonchev–Trinajstić information content (AvgIpc) is 3.34. The summed E-state index contributed by atoms with van der Waals surface area (Å²) in [5, 5.41) is 7.06. The Bertz CT molecular complexity index is 1170. The van der Waals surface area contributed by atoms with Crippen molar-refractivity contribution in [1.29, 1.82) is 0 Å². The molecule has 3 heterocycles. The summed E-state index contributed by atoms with van der Waals surface area (Å²) in [6.45, 7) is 4.61. The van der Waals surface area contributed by atoms with Crippen LogP contribution in [0.15, 0.2) is 36.7 Å². The first-order chi connectivity index (χ1) is 13.4. The van der Waals surface area contributed by atoms with Crippen molar-refractivity contribution in [2.45, 2.75) is 20.4 Å². The smallest absolute Gasteiger partial charge is 0.259 e. The van der Waals surface area contributed by atoms with E-state index in [-0.39, 0.29) is 5.91 Å². The molecule has 2 N–H and O–H groups in total. The summed E-state index contributed by atoms with van der Waals surface area (Å²) in [5.74, 6) is 0.940. The molecule has 0 aliphatic rings. The first kappa shape index (κ1) is 17.8. The number of nitrogens with one attached hydrogen (secondary N) is 2. The normalized spacial score (nSPS) is 11.1. The van der Waals surface area contributed by atoms with Gasteiger partial charge in [-0.1, -0.05) is 0 Å². The molecule has 8 nitrogen and oxygen atoms in total. The number of nitrogens with zero attached hydrogens (tertiary/aromatic N) is 4. The fourth-order valence-corrected chi connectivity index (χ4v) is 3.36. The molecule has 0 saturated carbocycles. The molecule has 0 fully saturated rings. The molecule has 8 heteroatoms. The fourth-order valence-electron chi connectivity index (χ4n) is 3.36. The Morgan fingerprint density at radius 1 is 1.29 bits per heavy atom. The van der Waals surface area contributed by atoms with Gasteiger partial charge in [-0.3, -0.25) is 14.8 Å². The molecular formula is C20H22N6O2. The number of carbonyl (C=O) groups is 1. The second-order valence-electron chi connectivity index (χ2n) is 6.82. The number of methoxy groups -OCH3 is 1. The maximum absolute atomic E-state index is 12.8. The first-order valence-electron chi connectivity index (χ1n) is 8.94. The van der Waals surface area contributed by atoms with Gasteiger partial charge in [0.1, 0.15) is 5.75 Å². The van der Waals surface area contributed by atoms with Gasteiger partial charge >= 0.3 is 0 Å². The van der Waals surface area contributed by atoms with Crippen molar-refractivity contribution in [1.82, 2.24) is 24.3 Å². The van der Waals surface area contributed by atoms with Crippen molar-refractivity contribution >= 4 is 22.9 Å². The lowest BCUT2D eigenvalue weighted by atomic mass is 10.2. The molecule has 0 bridgehead atoms. The molecule has 0 saturated heterocycles. The quantitative estimate of drug-likeness (QED) is 0.559. The summed E-state index contributed by atoms with van der Waals surface area (Å²) < 4.78 is 9.10. The van der Waals surface area contributed by atoms with Gasteiger partial charge in [0.25, 0.3) is 5.91 Å². The van der Waals surface area contributed by atoms with Crippen LogP contribution in [-0.2, 0) is 13.6 Å². The molecule has 144 valence electrons. The molecule has 1 aromatic carbocycles. The lowest BCUT2D eigenvalue weighted by Gasteiger charge is -2.08. The molecule has 0 radical (unpaired) electrons. The molecule has 0 spiro atoms. The van der Waals surface area contributed by atoms with Gasteiger partial charge in [0, 0.05) is 36.3 Å². The molecule has 0 aliphatic heterocycles. The lowest BCUT2D eigenvalue weighted by molar-refractivity contribution is 0.102. The summed E-state index contributed by atoms with van der Waals surface area (Å²) in [5.41, 5.74) is 5.19. The van der Waals surface area contributed by atoms with E-state index < -0.39 is 0 Å². The number of anilines is 1. The van der Waals surface area contributed by atoms with E-state index in [2.05, 4.69) is 25.0 Å². The highest BCUT2D eigenvalue weighted by Gasteiger charge is 2.17. The number of amides is 1. The Kier molecular flexibility index (Phi) is 4.38. The summed E-state index contributed by atoms with van der Waals surface area (Å²) in [4.78, 5) is 20.4. The lowest BCUT2D eigenvalue weighted by Crippen LogP contribution is -2.14. The van der Waals surface area contributed by atoms with Gasteiger partial charge in [-0.2, -0.15) is 5.10 Å². The molecule has 1 amide bonds. The van der Waals surface area contributed by atoms with Gasteiger partial charge in [0.15, 0.2) is 0 Å². The molecule has 4 rings (SSSR count). The number of imidazole rings is 1. The Hall–Kier alpha value is -3.55. The third-order valence-corrected chi connectivity index (χ3v) is 4.84. The number of benzene rings is 1. The highest BCUT2D eigenvalue weighted by atomic mass is 16.5. The van der Waals surface area contributed by atoms with Crippen molar-refractivity contribution in [2.24, 2.45) is 7.05 Å². The molecule has 3 aromatic heterocycles. The van der Waals surface area contributed by atoms with Crippen LogP contribution in [0.1, 0.15) is 27.3 Å². The van der Waals surface area contributed by atoms with Crippen LogP contribution in [0, 0.1) is 13.8 Å². The van der Waals surface area contributed by atoms with E-state index in [4.69, 9.17) is 4.74 Å². The number of hydrogen-bond donors (Lipinski definition) is 2. The number of aromatic nitrogens is 5. The third kappa shape index (κ3) is 3.24. The highest BCUT2D eigenvalue weighted by Crippen LogP contribution is 2.22. The van der Waals surface area contributed by atoms with Crippen LogP contribution in [-0.4, -0.2) is 37.3 Å². The van der Waals surface area contributed by atoms with Crippen molar-refractivity contribution in [3.8, 4) is 5.75 Å². The number of carbonyl (C=O) groups excluding carboxylic acids is 1. The van der Waals surface area contributed by atoms with Gasteiger partial charge in [-0.25, -0.2) is 4.98 Å². The summed E-state index contributed by atoms with van der Waals surface area (Å²) in [6, 6.07) is 7.42. The van der Waals surface area contributed by atoms with Crippen molar-refractivity contribution < 1.29 is 9.53 Å². The van der Waals surface area contributed by atoms with E-state index in [0.29, 0.717) is 18.1 Å². The highest BCUT2D eigenvalue weighted by molar-refractivity contribution is 6.05. The SMILES string of the molecule is COc1ccc2nc(NC(=O)c3cc(C)n(Cc4cnn(C)c4)c3C)[nH]c2c1. The number of rotatable bonds is 5. The predicted molar refractivity (Wildman–Crippen MR) is 107 cm³/mol. The Morgan fingerprint density at radius 3 is 2.82 bits per heavy atom. The van der Waals surface area contributed by atoms with Crippen LogP contribution in [0.5, 0.6) is 5.75 Å². The van der Waals surface area contributed by atoms with Gasteiger partial charge in [0.05, 0.1) is 36.4 Å². The molecular weight excluding hydrogens is 356 g/mol. The van der Waals surface area contributed by atoms with Crippen molar-refractivity contribution in [3.05, 3.63) is 59.2 Å². The van der Waals surface area contributed by atoms with E-state index in [1.54, 1.807) is 11.8 Å². The van der Waals surface area contributed by atoms with Crippen LogP contribution in [0.4, 0.5) is 5.95 Å². The number of hydrogen-bond acceptors (Lipinski definition) is 4. The van der Waals surface area contributed by atoms with Gasteiger partial charge in [-0.15, -0.1) is 0 Å². The van der Waals surface area contributed by atoms with E-state index >= 15 is 0 Å². The average molecular weight is 378 g/mol. The Balaban J connectivity index is 1.57. The van der Waals surface area contributed by atoms with Crippen molar-refractivity contribution in [2.75, 3.05) is 12.4 Å². The van der Waals surface area contributed by atoms with Crippen LogP contribution in [0.3, 0.4) is 0 Å². The number of aryl methyl sites for hydroxylation is 2. The first-order valence-corrected chi connectivity index (χ1v) is 8.94. The minimum atomic E-state index is -0.198. The maximum Gasteiger partial charge on any atom is 0.259 e. The van der Waals surface area contributed by atoms with E-state index in [0.717, 1.165) is 33.7 Å². The molecule has 0 atom stereocenters. The van der Waals surface area contributed by atoms with Crippen LogP contribution in [0.25, 0.3) is 11.0 Å². The largest absolute Gasteiger partial charge is 0.497 e. The van der Waals surface area contributed by atoms with Gasteiger partial charge in [0.2, 0.25) is 5.95 Å². The molecule has 0 unspecified atom stereocenters. The topological polar surface area (TPSA) is 89.8 Å². The van der Waals surface area contributed by atoms with Crippen LogP contribution < -0.4 is 10.1 Å². The monoisotopic (exact) mass is 378 g/mol. The zero-order valence-corrected chi connectivity index (χ0v) is 16.3. The number of ether oxygens (including phenoxy) is 1. The van der Waals surface area contributed by atoms with Gasteiger partial charge < -0.3 is 14.3 Å². The Morgan fingerprint density at radius 2 is 2.11 bits per heavy atom. The standard InChI is InChI=1S/C20H22N6O2/c1-12-7-16(13(2)26(12)11-14-9-21-25(3)10-14)19(27)24-20-22-17-6-5-15(28-4)8-18(17)23-20/h5-10H,11H2,1-4H3,(H2,22,23,24,27). The third-order valence-electron chi connectivity index (χ3n) is 4.84. The predicted octanol–water partition coefficient (Wildman–Crippen LogP) is 3.02. The van der Waals surface area contributed by atoms with E-state index in [1.807, 2.05) is 57.6 Å².